The molecule has 78 valence electrons. The van der Waals surface area contributed by atoms with Crippen LogP contribution < -0.4 is 0 Å². The van der Waals surface area contributed by atoms with E-state index in [-0.39, 0.29) is 6.61 Å². The smallest absolute Gasteiger partial charge is 0.110 e. The molecule has 4 nitrogen and oxygen atoms in total. The zero-order valence-corrected chi connectivity index (χ0v) is 8.81. The molecule has 0 saturated heterocycles. The molecule has 2 aromatic rings. The zero-order chi connectivity index (χ0) is 10.8. The lowest BCUT2D eigenvalue weighted by molar-refractivity contribution is 0.281. The van der Waals surface area contributed by atoms with Crippen molar-refractivity contribution in [3.05, 3.63) is 41.7 Å². The Hall–Kier alpha value is -1.68. The fourth-order valence-electron chi connectivity index (χ4n) is 1.55. The van der Waals surface area contributed by atoms with Crippen molar-refractivity contribution < 1.29 is 5.11 Å². The van der Waals surface area contributed by atoms with Crippen molar-refractivity contribution in [3.63, 3.8) is 0 Å². The zero-order valence-electron chi connectivity index (χ0n) is 8.81. The number of aryl methyl sites for hydroxylation is 2. The monoisotopic (exact) mass is 203 g/mol. The van der Waals surface area contributed by atoms with Gasteiger partial charge in [-0.15, -0.1) is 0 Å². The molecule has 2 rings (SSSR count). The van der Waals surface area contributed by atoms with Gasteiger partial charge in [0.15, 0.2) is 0 Å². The van der Waals surface area contributed by atoms with Gasteiger partial charge in [0.2, 0.25) is 0 Å². The fraction of sp³-hybridized carbons (Fsp3) is 0.273. The Balaban J connectivity index is 2.60. The van der Waals surface area contributed by atoms with Gasteiger partial charge in [-0.3, -0.25) is 4.98 Å². The minimum absolute atomic E-state index is 0.0137. The number of nitrogens with zero attached hydrogens (tertiary/aromatic N) is 3. The first kappa shape index (κ1) is 9.86. The Bertz CT molecular complexity index is 476. The van der Waals surface area contributed by atoms with E-state index >= 15 is 0 Å². The largest absolute Gasteiger partial charge is 0.392 e. The fourth-order valence-corrected chi connectivity index (χ4v) is 1.55. The molecule has 0 aliphatic carbocycles. The summed E-state index contributed by atoms with van der Waals surface area (Å²) in [6.07, 6.45) is 5.32. The SMILES string of the molecule is Cc1cc(-n2ccnc2C)c(CO)cn1. The Morgan fingerprint density at radius 2 is 2.13 bits per heavy atom. The van der Waals surface area contributed by atoms with Crippen molar-refractivity contribution in [2.45, 2.75) is 20.5 Å². The van der Waals surface area contributed by atoms with Gasteiger partial charge in [-0.05, 0) is 19.9 Å². The highest BCUT2D eigenvalue weighted by molar-refractivity contribution is 5.41. The maximum absolute atomic E-state index is 9.23. The lowest BCUT2D eigenvalue weighted by Crippen LogP contribution is -2.02. The van der Waals surface area contributed by atoms with Crippen molar-refractivity contribution in [2.75, 3.05) is 0 Å². The van der Waals surface area contributed by atoms with Crippen LogP contribution in [0.3, 0.4) is 0 Å². The lowest BCUT2D eigenvalue weighted by atomic mass is 10.2. The highest BCUT2D eigenvalue weighted by Crippen LogP contribution is 2.16. The molecule has 0 aromatic carbocycles. The molecule has 0 aliphatic heterocycles. The van der Waals surface area contributed by atoms with E-state index in [1.54, 1.807) is 12.4 Å². The molecular weight excluding hydrogens is 190 g/mol. The predicted octanol–water partition coefficient (Wildman–Crippen LogP) is 1.38. The van der Waals surface area contributed by atoms with E-state index in [1.165, 1.54) is 0 Å². The van der Waals surface area contributed by atoms with Crippen molar-refractivity contribution in [3.8, 4) is 5.69 Å². The molecule has 4 heteroatoms. The van der Waals surface area contributed by atoms with Gasteiger partial charge < -0.3 is 9.67 Å². The number of hydrogen-bond donors (Lipinski definition) is 1. The van der Waals surface area contributed by atoms with Gasteiger partial charge in [-0.25, -0.2) is 4.98 Å². The molecule has 0 amide bonds. The quantitative estimate of drug-likeness (QED) is 0.802. The molecule has 0 aliphatic rings. The van der Waals surface area contributed by atoms with Crippen LogP contribution in [-0.2, 0) is 6.61 Å². The molecule has 1 N–H and O–H groups in total. The minimum atomic E-state index is -0.0137. The number of aliphatic hydroxyl groups is 1. The van der Waals surface area contributed by atoms with Crippen LogP contribution in [0.2, 0.25) is 0 Å². The third-order valence-corrected chi connectivity index (χ3v) is 2.35. The van der Waals surface area contributed by atoms with E-state index in [2.05, 4.69) is 9.97 Å². The Labute approximate surface area is 88.2 Å². The third kappa shape index (κ3) is 1.76. The molecule has 0 atom stereocenters. The number of hydrogen-bond acceptors (Lipinski definition) is 3. The van der Waals surface area contributed by atoms with E-state index in [1.807, 2.05) is 30.7 Å². The van der Waals surface area contributed by atoms with Crippen LogP contribution in [0.25, 0.3) is 5.69 Å². The first-order valence-corrected chi connectivity index (χ1v) is 4.79. The maximum atomic E-state index is 9.23. The average Bonchev–Trinajstić information content (AvgIpc) is 2.64. The molecule has 2 aromatic heterocycles. The summed E-state index contributed by atoms with van der Waals surface area (Å²) in [5.41, 5.74) is 2.68. The predicted molar refractivity (Wildman–Crippen MR) is 56.8 cm³/mol. The van der Waals surface area contributed by atoms with Crippen LogP contribution in [0.4, 0.5) is 0 Å². The molecule has 2 heterocycles. The summed E-state index contributed by atoms with van der Waals surface area (Å²) in [7, 11) is 0. The van der Waals surface area contributed by atoms with Crippen LogP contribution in [0.1, 0.15) is 17.1 Å². The molecule has 0 saturated carbocycles. The van der Waals surface area contributed by atoms with Crippen LogP contribution in [0.5, 0.6) is 0 Å². The normalized spacial score (nSPS) is 10.6. The number of pyridine rings is 1. The number of rotatable bonds is 2. The Morgan fingerprint density at radius 1 is 1.33 bits per heavy atom. The van der Waals surface area contributed by atoms with Crippen molar-refractivity contribution in [2.24, 2.45) is 0 Å². The summed E-state index contributed by atoms with van der Waals surface area (Å²) >= 11 is 0. The second kappa shape index (κ2) is 3.82. The topological polar surface area (TPSA) is 50.9 Å². The summed E-state index contributed by atoms with van der Waals surface area (Å²) in [6, 6.07) is 1.94. The second-order valence-electron chi connectivity index (χ2n) is 3.46. The highest BCUT2D eigenvalue weighted by Gasteiger charge is 2.06. The van der Waals surface area contributed by atoms with E-state index in [0.717, 1.165) is 22.8 Å². The average molecular weight is 203 g/mol. The van der Waals surface area contributed by atoms with Crippen molar-refractivity contribution >= 4 is 0 Å². The molecule has 0 fully saturated rings. The molecular formula is C11H13N3O. The van der Waals surface area contributed by atoms with Gasteiger partial charge in [0.05, 0.1) is 12.3 Å². The molecule has 0 spiro atoms. The van der Waals surface area contributed by atoms with E-state index in [9.17, 15) is 5.11 Å². The number of imidazole rings is 1. The van der Waals surface area contributed by atoms with Gasteiger partial charge in [0.1, 0.15) is 5.82 Å². The Kier molecular flexibility index (Phi) is 2.51. The summed E-state index contributed by atoms with van der Waals surface area (Å²) in [5.74, 6) is 0.898. The maximum Gasteiger partial charge on any atom is 0.110 e. The number of aliphatic hydroxyl groups excluding tert-OH is 1. The molecule has 0 bridgehead atoms. The van der Waals surface area contributed by atoms with Crippen molar-refractivity contribution in [1.29, 1.82) is 0 Å². The minimum Gasteiger partial charge on any atom is -0.392 e. The first-order valence-electron chi connectivity index (χ1n) is 4.79. The summed E-state index contributed by atoms with van der Waals surface area (Å²) in [5, 5.41) is 9.23. The summed E-state index contributed by atoms with van der Waals surface area (Å²) in [6.45, 7) is 3.84. The van der Waals surface area contributed by atoms with Crippen LogP contribution >= 0.6 is 0 Å². The van der Waals surface area contributed by atoms with Crippen LogP contribution in [0.15, 0.2) is 24.7 Å². The van der Waals surface area contributed by atoms with Gasteiger partial charge in [-0.2, -0.15) is 0 Å². The van der Waals surface area contributed by atoms with Gasteiger partial charge in [0.25, 0.3) is 0 Å². The van der Waals surface area contributed by atoms with Gasteiger partial charge >= 0.3 is 0 Å². The van der Waals surface area contributed by atoms with Crippen LogP contribution in [0, 0.1) is 13.8 Å². The molecule has 15 heavy (non-hydrogen) atoms. The van der Waals surface area contributed by atoms with Crippen molar-refractivity contribution in [1.82, 2.24) is 14.5 Å². The van der Waals surface area contributed by atoms with Crippen LogP contribution in [-0.4, -0.2) is 19.6 Å². The third-order valence-electron chi connectivity index (χ3n) is 2.35. The standard InChI is InChI=1S/C11H13N3O/c1-8-5-11(10(7-15)6-13-8)14-4-3-12-9(14)2/h3-6,15H,7H2,1-2H3. The van der Waals surface area contributed by atoms with Gasteiger partial charge in [0, 0.05) is 29.8 Å². The van der Waals surface area contributed by atoms with Gasteiger partial charge in [-0.1, -0.05) is 0 Å². The van der Waals surface area contributed by atoms with E-state index in [0.29, 0.717) is 0 Å². The molecule has 0 radical (unpaired) electrons. The lowest BCUT2D eigenvalue weighted by Gasteiger charge is -2.10. The highest BCUT2D eigenvalue weighted by atomic mass is 16.3. The first-order chi connectivity index (χ1) is 7.22. The van der Waals surface area contributed by atoms with E-state index in [4.69, 9.17) is 0 Å². The molecule has 0 unspecified atom stereocenters. The summed E-state index contributed by atoms with van der Waals surface area (Å²) in [4.78, 5) is 8.32. The second-order valence-corrected chi connectivity index (χ2v) is 3.46. The van der Waals surface area contributed by atoms with E-state index < -0.39 is 0 Å². The summed E-state index contributed by atoms with van der Waals surface area (Å²) < 4.78 is 1.94. The Morgan fingerprint density at radius 3 is 2.73 bits per heavy atom. The number of aromatic nitrogens is 3.